The standard InChI is InChI=1S/C12H18N4O2/c1-10(17)16-7-11(8-16)12(18)14-3-2-5-15-6-4-13-9-15/h4,6,9,11H,2-3,5,7-8H2,1H3,(H,14,18). The van der Waals surface area contributed by atoms with Crippen LogP contribution in [-0.4, -0.2) is 45.9 Å². The zero-order valence-electron chi connectivity index (χ0n) is 10.5. The Hall–Kier alpha value is -1.85. The van der Waals surface area contributed by atoms with Crippen molar-refractivity contribution in [2.45, 2.75) is 19.9 Å². The molecule has 2 heterocycles. The van der Waals surface area contributed by atoms with Gasteiger partial charge in [0, 0.05) is 45.5 Å². The number of likely N-dealkylation sites (tertiary alicyclic amines) is 1. The van der Waals surface area contributed by atoms with Crippen molar-refractivity contribution in [2.75, 3.05) is 19.6 Å². The summed E-state index contributed by atoms with van der Waals surface area (Å²) in [7, 11) is 0. The van der Waals surface area contributed by atoms with Gasteiger partial charge in [-0.1, -0.05) is 0 Å². The quantitative estimate of drug-likeness (QED) is 0.740. The number of nitrogens with zero attached hydrogens (tertiary/aromatic N) is 3. The van der Waals surface area contributed by atoms with Crippen LogP contribution in [0.4, 0.5) is 0 Å². The molecule has 6 heteroatoms. The molecule has 1 aliphatic heterocycles. The summed E-state index contributed by atoms with van der Waals surface area (Å²) in [6.45, 7) is 4.16. The lowest BCUT2D eigenvalue weighted by Gasteiger charge is -2.37. The van der Waals surface area contributed by atoms with Gasteiger partial charge in [-0.15, -0.1) is 0 Å². The topological polar surface area (TPSA) is 67.2 Å². The van der Waals surface area contributed by atoms with E-state index in [0.717, 1.165) is 13.0 Å². The van der Waals surface area contributed by atoms with Crippen LogP contribution >= 0.6 is 0 Å². The highest BCUT2D eigenvalue weighted by Crippen LogP contribution is 2.15. The first-order valence-corrected chi connectivity index (χ1v) is 6.16. The second-order valence-corrected chi connectivity index (χ2v) is 4.57. The third-order valence-electron chi connectivity index (χ3n) is 3.15. The first-order chi connectivity index (χ1) is 8.66. The number of imidazole rings is 1. The lowest BCUT2D eigenvalue weighted by atomic mass is 9.99. The predicted molar refractivity (Wildman–Crippen MR) is 65.6 cm³/mol. The van der Waals surface area contributed by atoms with E-state index in [2.05, 4.69) is 10.3 Å². The molecule has 1 N–H and O–H groups in total. The van der Waals surface area contributed by atoms with Crippen molar-refractivity contribution >= 4 is 11.8 Å². The monoisotopic (exact) mass is 250 g/mol. The van der Waals surface area contributed by atoms with Crippen LogP contribution in [0.15, 0.2) is 18.7 Å². The lowest BCUT2D eigenvalue weighted by molar-refractivity contribution is -0.141. The highest BCUT2D eigenvalue weighted by molar-refractivity contribution is 5.83. The molecule has 18 heavy (non-hydrogen) atoms. The van der Waals surface area contributed by atoms with Crippen molar-refractivity contribution in [1.29, 1.82) is 0 Å². The molecule has 0 spiro atoms. The van der Waals surface area contributed by atoms with Gasteiger partial charge in [-0.3, -0.25) is 9.59 Å². The first-order valence-electron chi connectivity index (χ1n) is 6.16. The van der Waals surface area contributed by atoms with Gasteiger partial charge in [0.2, 0.25) is 11.8 Å². The summed E-state index contributed by atoms with van der Waals surface area (Å²) in [5.41, 5.74) is 0. The minimum Gasteiger partial charge on any atom is -0.356 e. The van der Waals surface area contributed by atoms with Crippen LogP contribution in [0.3, 0.4) is 0 Å². The highest BCUT2D eigenvalue weighted by Gasteiger charge is 2.33. The molecule has 0 radical (unpaired) electrons. The van der Waals surface area contributed by atoms with Crippen molar-refractivity contribution in [3.05, 3.63) is 18.7 Å². The van der Waals surface area contributed by atoms with Gasteiger partial charge in [0.25, 0.3) is 0 Å². The molecule has 0 unspecified atom stereocenters. The summed E-state index contributed by atoms with van der Waals surface area (Å²) < 4.78 is 1.98. The number of aryl methyl sites for hydroxylation is 1. The molecule has 98 valence electrons. The maximum atomic E-state index is 11.7. The van der Waals surface area contributed by atoms with E-state index in [9.17, 15) is 9.59 Å². The number of nitrogens with one attached hydrogen (secondary N) is 1. The van der Waals surface area contributed by atoms with Crippen LogP contribution in [0, 0.1) is 5.92 Å². The summed E-state index contributed by atoms with van der Waals surface area (Å²) in [6, 6.07) is 0. The first kappa shape index (κ1) is 12.6. The average molecular weight is 250 g/mol. The summed E-state index contributed by atoms with van der Waals surface area (Å²) in [4.78, 5) is 28.3. The normalized spacial score (nSPS) is 15.3. The van der Waals surface area contributed by atoms with Crippen molar-refractivity contribution in [1.82, 2.24) is 19.8 Å². The van der Waals surface area contributed by atoms with E-state index in [-0.39, 0.29) is 17.7 Å². The molecule has 0 bridgehead atoms. The van der Waals surface area contributed by atoms with Crippen LogP contribution in [0.2, 0.25) is 0 Å². The minimum absolute atomic E-state index is 0.0258. The molecule has 0 aliphatic carbocycles. The van der Waals surface area contributed by atoms with Gasteiger partial charge < -0.3 is 14.8 Å². The Bertz CT molecular complexity index is 410. The number of carbonyl (C=O) groups is 2. The molecule has 0 aromatic carbocycles. The number of rotatable bonds is 5. The maximum absolute atomic E-state index is 11.7. The average Bonchev–Trinajstić information content (AvgIpc) is 2.74. The van der Waals surface area contributed by atoms with E-state index in [1.807, 2.05) is 10.8 Å². The highest BCUT2D eigenvalue weighted by atomic mass is 16.2. The summed E-state index contributed by atoms with van der Waals surface area (Å²) in [5, 5.41) is 2.90. The zero-order chi connectivity index (χ0) is 13.0. The van der Waals surface area contributed by atoms with Gasteiger partial charge in [-0.05, 0) is 6.42 Å². The molecular formula is C12H18N4O2. The number of hydrogen-bond donors (Lipinski definition) is 1. The van der Waals surface area contributed by atoms with E-state index in [4.69, 9.17) is 0 Å². The minimum atomic E-state index is -0.0258. The SMILES string of the molecule is CC(=O)N1CC(C(=O)NCCCn2ccnc2)C1. The fourth-order valence-corrected chi connectivity index (χ4v) is 1.94. The predicted octanol–water partition coefficient (Wildman–Crippen LogP) is -0.132. The van der Waals surface area contributed by atoms with E-state index in [0.29, 0.717) is 19.6 Å². The van der Waals surface area contributed by atoms with E-state index < -0.39 is 0 Å². The Kier molecular flexibility index (Phi) is 3.96. The molecule has 1 aromatic heterocycles. The zero-order valence-corrected chi connectivity index (χ0v) is 10.5. The molecule has 2 rings (SSSR count). The van der Waals surface area contributed by atoms with E-state index in [1.165, 1.54) is 6.92 Å². The molecular weight excluding hydrogens is 232 g/mol. The number of carbonyl (C=O) groups excluding carboxylic acids is 2. The Morgan fingerprint density at radius 2 is 2.22 bits per heavy atom. The maximum Gasteiger partial charge on any atom is 0.226 e. The van der Waals surface area contributed by atoms with Crippen molar-refractivity contribution in [2.24, 2.45) is 5.92 Å². The lowest BCUT2D eigenvalue weighted by Crippen LogP contribution is -2.55. The Morgan fingerprint density at radius 1 is 1.44 bits per heavy atom. The largest absolute Gasteiger partial charge is 0.356 e. The van der Waals surface area contributed by atoms with Crippen LogP contribution in [0.5, 0.6) is 0 Å². The van der Waals surface area contributed by atoms with Crippen LogP contribution in [0.25, 0.3) is 0 Å². The van der Waals surface area contributed by atoms with E-state index >= 15 is 0 Å². The van der Waals surface area contributed by atoms with Crippen LogP contribution in [-0.2, 0) is 16.1 Å². The summed E-state index contributed by atoms with van der Waals surface area (Å²) in [5.74, 6) is 0.0689. The fraction of sp³-hybridized carbons (Fsp3) is 0.583. The van der Waals surface area contributed by atoms with Gasteiger partial charge in [0.1, 0.15) is 0 Å². The third kappa shape index (κ3) is 3.09. The number of aromatic nitrogens is 2. The molecule has 1 aliphatic rings. The molecule has 1 fully saturated rings. The Morgan fingerprint density at radius 3 is 2.83 bits per heavy atom. The molecule has 2 amide bonds. The second-order valence-electron chi connectivity index (χ2n) is 4.57. The van der Waals surface area contributed by atoms with Gasteiger partial charge in [-0.2, -0.15) is 0 Å². The van der Waals surface area contributed by atoms with Crippen molar-refractivity contribution in [3.63, 3.8) is 0 Å². The third-order valence-corrected chi connectivity index (χ3v) is 3.15. The fourth-order valence-electron chi connectivity index (χ4n) is 1.94. The van der Waals surface area contributed by atoms with Gasteiger partial charge in [0.05, 0.1) is 12.2 Å². The Balaban J connectivity index is 1.57. The molecule has 0 saturated carbocycles. The number of hydrogen-bond acceptors (Lipinski definition) is 3. The molecule has 1 saturated heterocycles. The van der Waals surface area contributed by atoms with Crippen molar-refractivity contribution < 1.29 is 9.59 Å². The van der Waals surface area contributed by atoms with Gasteiger partial charge in [0.15, 0.2) is 0 Å². The second kappa shape index (κ2) is 5.66. The van der Waals surface area contributed by atoms with Gasteiger partial charge in [-0.25, -0.2) is 4.98 Å². The summed E-state index contributed by atoms with van der Waals surface area (Å²) in [6.07, 6.45) is 6.28. The van der Waals surface area contributed by atoms with Gasteiger partial charge >= 0.3 is 0 Å². The van der Waals surface area contributed by atoms with Crippen molar-refractivity contribution in [3.8, 4) is 0 Å². The molecule has 0 atom stereocenters. The molecule has 6 nitrogen and oxygen atoms in total. The van der Waals surface area contributed by atoms with Crippen LogP contribution < -0.4 is 5.32 Å². The van der Waals surface area contributed by atoms with Crippen LogP contribution in [0.1, 0.15) is 13.3 Å². The van der Waals surface area contributed by atoms with E-state index in [1.54, 1.807) is 17.4 Å². The summed E-state index contributed by atoms with van der Waals surface area (Å²) >= 11 is 0. The molecule has 1 aromatic rings. The smallest absolute Gasteiger partial charge is 0.226 e. The Labute approximate surface area is 106 Å². The number of amides is 2.